The first-order valence-corrected chi connectivity index (χ1v) is 5.94. The van der Waals surface area contributed by atoms with E-state index < -0.39 is 0 Å². The topological polar surface area (TPSA) is 54.6 Å². The molecule has 0 radical (unpaired) electrons. The molecule has 2 N–H and O–H groups in total. The molecule has 0 aliphatic heterocycles. The van der Waals surface area contributed by atoms with E-state index in [0.717, 1.165) is 10.9 Å². The third-order valence-electron chi connectivity index (χ3n) is 2.96. The van der Waals surface area contributed by atoms with E-state index in [2.05, 4.69) is 0 Å². The fraction of sp³-hybridized carbons (Fsp3) is 0.0667. The van der Waals surface area contributed by atoms with Crippen molar-refractivity contribution in [3.05, 3.63) is 60.3 Å². The van der Waals surface area contributed by atoms with Crippen LogP contribution in [0.25, 0.3) is 10.9 Å². The molecule has 0 unspecified atom stereocenters. The molecule has 0 atom stereocenters. The Labute approximate surface area is 110 Å². The number of aromatic nitrogens is 1. The highest BCUT2D eigenvalue weighted by atomic mass is 16.7. The third kappa shape index (κ3) is 2.20. The summed E-state index contributed by atoms with van der Waals surface area (Å²) in [6, 6.07) is 14.6. The molecular formula is C15H13NO3. The van der Waals surface area contributed by atoms with Crippen LogP contribution < -0.4 is 4.84 Å². The lowest BCUT2D eigenvalue weighted by Gasteiger charge is -2.08. The molecule has 0 aliphatic carbocycles. The van der Waals surface area contributed by atoms with Crippen LogP contribution in [0.2, 0.25) is 0 Å². The minimum Gasteiger partial charge on any atom is -0.504 e. The molecule has 4 nitrogen and oxygen atoms in total. The number of benzene rings is 2. The van der Waals surface area contributed by atoms with Gasteiger partial charge >= 0.3 is 0 Å². The molecule has 0 spiro atoms. The van der Waals surface area contributed by atoms with Crippen molar-refractivity contribution in [1.29, 1.82) is 0 Å². The Morgan fingerprint density at radius 1 is 0.947 bits per heavy atom. The van der Waals surface area contributed by atoms with Gasteiger partial charge in [-0.3, -0.25) is 0 Å². The van der Waals surface area contributed by atoms with Crippen LogP contribution in [0.5, 0.6) is 11.5 Å². The van der Waals surface area contributed by atoms with Crippen molar-refractivity contribution in [2.24, 2.45) is 0 Å². The highest BCUT2D eigenvalue weighted by molar-refractivity contribution is 5.83. The Kier molecular flexibility index (Phi) is 2.76. The maximum absolute atomic E-state index is 9.53. The van der Waals surface area contributed by atoms with E-state index >= 15 is 0 Å². The Morgan fingerprint density at radius 3 is 2.47 bits per heavy atom. The number of hydrogen-bond acceptors (Lipinski definition) is 3. The number of fused-ring (bicyclic) bond motifs is 1. The zero-order valence-corrected chi connectivity index (χ0v) is 10.2. The van der Waals surface area contributed by atoms with Gasteiger partial charge in [0.05, 0.1) is 5.52 Å². The van der Waals surface area contributed by atoms with Crippen molar-refractivity contribution >= 4 is 10.9 Å². The Morgan fingerprint density at radius 2 is 1.68 bits per heavy atom. The fourth-order valence-corrected chi connectivity index (χ4v) is 1.97. The van der Waals surface area contributed by atoms with Gasteiger partial charge < -0.3 is 15.1 Å². The minimum absolute atomic E-state index is 0.131. The molecule has 3 rings (SSSR count). The molecule has 4 heteroatoms. The molecule has 96 valence electrons. The van der Waals surface area contributed by atoms with Crippen LogP contribution >= 0.6 is 0 Å². The molecule has 0 fully saturated rings. The van der Waals surface area contributed by atoms with Crippen LogP contribution in [0.4, 0.5) is 0 Å². The molecule has 2 aromatic carbocycles. The summed E-state index contributed by atoms with van der Waals surface area (Å²) in [6.45, 7) is 0.437. The second-order valence-corrected chi connectivity index (χ2v) is 4.30. The molecule has 1 heterocycles. The average Bonchev–Trinajstić information content (AvgIpc) is 2.80. The summed E-state index contributed by atoms with van der Waals surface area (Å²) >= 11 is 0. The number of aromatic hydroxyl groups is 2. The molecule has 0 aliphatic rings. The lowest BCUT2D eigenvalue weighted by atomic mass is 10.2. The summed E-state index contributed by atoms with van der Waals surface area (Å²) in [4.78, 5) is 5.66. The maximum atomic E-state index is 9.53. The predicted octanol–water partition coefficient (Wildman–Crippen LogP) is 2.68. The van der Waals surface area contributed by atoms with E-state index in [1.165, 1.54) is 12.1 Å². The number of phenols is 2. The van der Waals surface area contributed by atoms with E-state index in [4.69, 9.17) is 4.84 Å². The van der Waals surface area contributed by atoms with Crippen LogP contribution in [-0.2, 0) is 6.61 Å². The smallest absolute Gasteiger partial charge is 0.159 e. The van der Waals surface area contributed by atoms with Crippen molar-refractivity contribution in [2.45, 2.75) is 6.61 Å². The summed E-state index contributed by atoms with van der Waals surface area (Å²) in [6.07, 6.45) is 1.76. The Bertz CT molecular complexity index is 704. The SMILES string of the molecule is Oc1cc2ccn(OCc3ccccc3)c2cc1O. The van der Waals surface area contributed by atoms with Crippen LogP contribution in [0, 0.1) is 0 Å². The van der Waals surface area contributed by atoms with E-state index in [1.54, 1.807) is 10.9 Å². The second kappa shape index (κ2) is 4.57. The van der Waals surface area contributed by atoms with Crippen LogP contribution in [-0.4, -0.2) is 14.9 Å². The Balaban J connectivity index is 1.87. The van der Waals surface area contributed by atoms with E-state index in [9.17, 15) is 10.2 Å². The summed E-state index contributed by atoms with van der Waals surface area (Å²) in [5, 5.41) is 19.8. The first-order valence-electron chi connectivity index (χ1n) is 5.94. The van der Waals surface area contributed by atoms with Gasteiger partial charge in [0.25, 0.3) is 0 Å². The van der Waals surface area contributed by atoms with Gasteiger partial charge in [-0.05, 0) is 17.7 Å². The summed E-state index contributed by atoms with van der Waals surface area (Å²) < 4.78 is 1.58. The van der Waals surface area contributed by atoms with Crippen LogP contribution in [0.15, 0.2) is 54.7 Å². The zero-order chi connectivity index (χ0) is 13.2. The van der Waals surface area contributed by atoms with E-state index in [-0.39, 0.29) is 11.5 Å². The third-order valence-corrected chi connectivity index (χ3v) is 2.96. The predicted molar refractivity (Wildman–Crippen MR) is 72.0 cm³/mol. The maximum Gasteiger partial charge on any atom is 0.159 e. The minimum atomic E-state index is -0.157. The normalized spacial score (nSPS) is 10.7. The van der Waals surface area contributed by atoms with Crippen molar-refractivity contribution in [3.8, 4) is 11.5 Å². The highest BCUT2D eigenvalue weighted by Crippen LogP contribution is 2.30. The van der Waals surface area contributed by atoms with E-state index in [1.807, 2.05) is 36.4 Å². The molecule has 1 aromatic heterocycles. The van der Waals surface area contributed by atoms with Crippen LogP contribution in [0.3, 0.4) is 0 Å². The molecule has 0 saturated heterocycles. The molecule has 0 bridgehead atoms. The van der Waals surface area contributed by atoms with Crippen molar-refractivity contribution in [3.63, 3.8) is 0 Å². The van der Waals surface area contributed by atoms with Gasteiger partial charge in [-0.15, -0.1) is 0 Å². The Hall–Kier alpha value is -2.62. The average molecular weight is 255 g/mol. The molecule has 3 aromatic rings. The first kappa shape index (κ1) is 11.5. The summed E-state index contributed by atoms with van der Waals surface area (Å²) in [5.41, 5.74) is 1.78. The van der Waals surface area contributed by atoms with E-state index in [0.29, 0.717) is 12.1 Å². The molecular weight excluding hydrogens is 242 g/mol. The van der Waals surface area contributed by atoms with Gasteiger partial charge in [0.2, 0.25) is 0 Å². The van der Waals surface area contributed by atoms with Gasteiger partial charge in [0.15, 0.2) is 11.5 Å². The van der Waals surface area contributed by atoms with Crippen molar-refractivity contribution in [2.75, 3.05) is 0 Å². The van der Waals surface area contributed by atoms with Crippen molar-refractivity contribution < 1.29 is 15.1 Å². The number of nitrogens with zero attached hydrogens (tertiary/aromatic N) is 1. The molecule has 0 amide bonds. The van der Waals surface area contributed by atoms with Crippen molar-refractivity contribution in [1.82, 2.24) is 4.73 Å². The van der Waals surface area contributed by atoms with Gasteiger partial charge in [-0.25, -0.2) is 0 Å². The quantitative estimate of drug-likeness (QED) is 0.707. The van der Waals surface area contributed by atoms with Gasteiger partial charge in [0.1, 0.15) is 6.61 Å². The largest absolute Gasteiger partial charge is 0.504 e. The number of hydrogen-bond donors (Lipinski definition) is 2. The lowest BCUT2D eigenvalue weighted by Crippen LogP contribution is -2.09. The second-order valence-electron chi connectivity index (χ2n) is 4.30. The van der Waals surface area contributed by atoms with Gasteiger partial charge in [0, 0.05) is 17.6 Å². The highest BCUT2D eigenvalue weighted by Gasteiger charge is 2.07. The first-order chi connectivity index (χ1) is 9.24. The lowest BCUT2D eigenvalue weighted by molar-refractivity contribution is 0.107. The van der Waals surface area contributed by atoms with Gasteiger partial charge in [-0.2, -0.15) is 4.73 Å². The molecule has 0 saturated carbocycles. The monoisotopic (exact) mass is 255 g/mol. The van der Waals surface area contributed by atoms with Gasteiger partial charge in [-0.1, -0.05) is 30.3 Å². The standard InChI is InChI=1S/C15H13NO3/c17-14-8-12-6-7-16(13(12)9-15(14)18)19-10-11-4-2-1-3-5-11/h1-9,17-18H,10H2. The zero-order valence-electron chi connectivity index (χ0n) is 10.2. The molecule has 19 heavy (non-hydrogen) atoms. The summed E-state index contributed by atoms with van der Waals surface area (Å²) in [5.74, 6) is -0.288. The number of phenolic OH excluding ortho intramolecular Hbond substituents is 2. The number of rotatable bonds is 3. The fourth-order valence-electron chi connectivity index (χ4n) is 1.97. The summed E-state index contributed by atoms with van der Waals surface area (Å²) in [7, 11) is 0. The van der Waals surface area contributed by atoms with Crippen LogP contribution in [0.1, 0.15) is 5.56 Å².